The predicted octanol–water partition coefficient (Wildman–Crippen LogP) is 2.73. The monoisotopic (exact) mass is 500 g/mol. The van der Waals surface area contributed by atoms with Crippen LogP contribution in [0.3, 0.4) is 0 Å². The van der Waals surface area contributed by atoms with Crippen LogP contribution in [-0.4, -0.2) is 40.5 Å². The predicted molar refractivity (Wildman–Crippen MR) is 140 cm³/mol. The van der Waals surface area contributed by atoms with Crippen LogP contribution in [0.15, 0.2) is 59.4 Å². The molecule has 4 N–H and O–H groups in total. The van der Waals surface area contributed by atoms with E-state index >= 15 is 0 Å². The Kier molecular flexibility index (Phi) is 5.45. The van der Waals surface area contributed by atoms with Gasteiger partial charge in [0.1, 0.15) is 10.9 Å². The first-order chi connectivity index (χ1) is 17.5. The molecule has 2 aliphatic heterocycles. The molecule has 0 aliphatic carbocycles. The molecule has 2 aromatic heterocycles. The molecule has 1 fully saturated rings. The van der Waals surface area contributed by atoms with Gasteiger partial charge in [0.25, 0.3) is 11.5 Å². The zero-order valence-corrected chi connectivity index (χ0v) is 20.2. The molecule has 2 aliphatic rings. The van der Waals surface area contributed by atoms with Crippen molar-refractivity contribution < 1.29 is 9.59 Å². The first-order valence-electron chi connectivity index (χ1n) is 11.9. The smallest absolute Gasteiger partial charge is 0.298 e. The molecular formula is C26H24N6O3S. The lowest BCUT2D eigenvalue weighted by Crippen LogP contribution is -2.39. The molecule has 2 aromatic carbocycles. The number of carbonyl (C=O) groups excluding carboxylic acids is 2. The molecule has 4 aromatic rings. The molecule has 0 bridgehead atoms. The van der Waals surface area contributed by atoms with Crippen LogP contribution < -0.4 is 26.8 Å². The van der Waals surface area contributed by atoms with Gasteiger partial charge >= 0.3 is 0 Å². The van der Waals surface area contributed by atoms with Crippen LogP contribution in [-0.2, 0) is 11.2 Å². The van der Waals surface area contributed by atoms with Gasteiger partial charge < -0.3 is 21.3 Å². The van der Waals surface area contributed by atoms with Crippen molar-refractivity contribution in [3.05, 3.63) is 75.4 Å². The van der Waals surface area contributed by atoms with Crippen molar-refractivity contribution in [2.24, 2.45) is 0 Å². The summed E-state index contributed by atoms with van der Waals surface area (Å²) in [4.78, 5) is 45.3. The van der Waals surface area contributed by atoms with E-state index in [2.05, 4.69) is 32.7 Å². The van der Waals surface area contributed by atoms with Gasteiger partial charge in [-0.2, -0.15) is 0 Å². The normalized spacial score (nSPS) is 17.2. The maximum absolute atomic E-state index is 13.2. The zero-order chi connectivity index (χ0) is 24.8. The Bertz CT molecular complexity index is 1560. The number of nitrogens with zero attached hydrogens (tertiary/aromatic N) is 3. The number of rotatable bonds is 4. The summed E-state index contributed by atoms with van der Waals surface area (Å²) in [5.41, 5.74) is 10.1. The average Bonchev–Trinajstić information content (AvgIpc) is 3.50. The average molecular weight is 501 g/mol. The third-order valence-corrected chi connectivity index (χ3v) is 7.69. The molecule has 0 saturated carbocycles. The molecule has 9 nitrogen and oxygen atoms in total. The summed E-state index contributed by atoms with van der Waals surface area (Å²) >= 11 is 1.14. The number of aromatic nitrogens is 2. The van der Waals surface area contributed by atoms with Crippen LogP contribution in [0.1, 0.15) is 28.1 Å². The van der Waals surface area contributed by atoms with Gasteiger partial charge in [0, 0.05) is 24.5 Å². The topological polar surface area (TPSA) is 122 Å². The zero-order valence-electron chi connectivity index (χ0n) is 19.4. The van der Waals surface area contributed by atoms with Crippen LogP contribution >= 0.6 is 11.3 Å². The summed E-state index contributed by atoms with van der Waals surface area (Å²) in [6.45, 7) is 1.41. The number of hydrogen-bond acceptors (Lipinski definition) is 7. The second kappa shape index (κ2) is 8.80. The minimum absolute atomic E-state index is 0.135. The Morgan fingerprint density at radius 3 is 2.72 bits per heavy atom. The molecule has 1 atom stereocenters. The van der Waals surface area contributed by atoms with Crippen molar-refractivity contribution in [2.75, 3.05) is 23.7 Å². The fraction of sp³-hybridized carbons (Fsp3) is 0.231. The Morgan fingerprint density at radius 1 is 1.11 bits per heavy atom. The lowest BCUT2D eigenvalue weighted by Gasteiger charge is -2.32. The largest absolute Gasteiger partial charge is 0.379 e. The highest BCUT2D eigenvalue weighted by atomic mass is 32.1. The second-order valence-corrected chi connectivity index (χ2v) is 9.98. The van der Waals surface area contributed by atoms with Crippen LogP contribution in [0.25, 0.3) is 16.0 Å². The summed E-state index contributed by atoms with van der Waals surface area (Å²) in [6.07, 6.45) is 2.54. The molecule has 6 rings (SSSR count). The summed E-state index contributed by atoms with van der Waals surface area (Å²) in [5.74, 6) is -0.705. The lowest BCUT2D eigenvalue weighted by molar-refractivity contribution is -0.120. The van der Waals surface area contributed by atoms with E-state index in [1.54, 1.807) is 6.07 Å². The van der Waals surface area contributed by atoms with Crippen LogP contribution in [0, 0.1) is 0 Å². The molecule has 182 valence electrons. The number of fused-ring (bicyclic) bond motifs is 2. The minimum atomic E-state index is -0.562. The van der Waals surface area contributed by atoms with Crippen LogP contribution in [0.4, 0.5) is 17.2 Å². The number of aryl methyl sites for hydroxylation is 1. The highest BCUT2D eigenvalue weighted by Gasteiger charge is 2.27. The summed E-state index contributed by atoms with van der Waals surface area (Å²) in [6, 6.07) is 17.2. The Balaban J connectivity index is 1.44. The molecule has 4 heterocycles. The number of benzene rings is 2. The first-order valence-corrected chi connectivity index (χ1v) is 12.7. The van der Waals surface area contributed by atoms with E-state index in [9.17, 15) is 14.4 Å². The summed E-state index contributed by atoms with van der Waals surface area (Å²) < 4.78 is 1.52. The molecule has 2 amide bonds. The van der Waals surface area contributed by atoms with E-state index < -0.39 is 11.6 Å². The van der Waals surface area contributed by atoms with E-state index in [1.165, 1.54) is 10.1 Å². The molecule has 10 heteroatoms. The summed E-state index contributed by atoms with van der Waals surface area (Å²) in [7, 11) is 0. The van der Waals surface area contributed by atoms with E-state index in [0.29, 0.717) is 33.9 Å². The number of carbonyl (C=O) groups is 2. The third kappa shape index (κ3) is 3.79. The highest BCUT2D eigenvalue weighted by molar-refractivity contribution is 7.20. The van der Waals surface area contributed by atoms with Crippen molar-refractivity contribution in [3.8, 4) is 5.69 Å². The molecule has 0 spiro atoms. The molecule has 1 saturated heterocycles. The number of amides is 2. The summed E-state index contributed by atoms with van der Waals surface area (Å²) in [5, 5.41) is 5.48. The number of hydrogen-bond donors (Lipinski definition) is 3. The maximum atomic E-state index is 13.2. The Labute approximate surface area is 210 Å². The van der Waals surface area contributed by atoms with E-state index in [-0.39, 0.29) is 17.6 Å². The van der Waals surface area contributed by atoms with Gasteiger partial charge in [-0.1, -0.05) is 24.3 Å². The van der Waals surface area contributed by atoms with Gasteiger partial charge in [-0.3, -0.25) is 19.0 Å². The SMILES string of the molecule is Nc1nc2sc(C(=O)N[C@@H]3CCNC3=O)cc2n(-c2ccc3c(c2)N(c2ccccc2)CCC3)c1=O. The van der Waals surface area contributed by atoms with Crippen molar-refractivity contribution in [2.45, 2.75) is 25.3 Å². The van der Waals surface area contributed by atoms with E-state index in [1.807, 2.05) is 36.4 Å². The van der Waals surface area contributed by atoms with E-state index in [4.69, 9.17) is 5.73 Å². The van der Waals surface area contributed by atoms with Gasteiger partial charge in [0.15, 0.2) is 5.82 Å². The van der Waals surface area contributed by atoms with Gasteiger partial charge in [-0.25, -0.2) is 4.98 Å². The standard InChI is InChI=1S/C26H24N6O3S/c27-22-26(35)32(20-14-21(36-25(20)30-22)24(34)29-18-10-11-28-23(18)33)17-9-8-15-5-4-12-31(19(15)13-17)16-6-2-1-3-7-16/h1-3,6-9,13-14,18H,4-5,10-12H2,(H2,27,30)(H,28,33)(H,29,34)/t18-/m1/s1. The van der Waals surface area contributed by atoms with Crippen molar-refractivity contribution in [3.63, 3.8) is 0 Å². The fourth-order valence-electron chi connectivity index (χ4n) is 4.90. The van der Waals surface area contributed by atoms with E-state index in [0.717, 1.165) is 42.1 Å². The number of para-hydroxylation sites is 1. The van der Waals surface area contributed by atoms with Crippen molar-refractivity contribution in [1.29, 1.82) is 0 Å². The first kappa shape index (κ1) is 22.3. The lowest BCUT2D eigenvalue weighted by atomic mass is 10.00. The number of nitrogens with one attached hydrogen (secondary N) is 2. The number of anilines is 3. The minimum Gasteiger partial charge on any atom is -0.379 e. The van der Waals surface area contributed by atoms with Gasteiger partial charge in [-0.05, 0) is 55.2 Å². The molecule has 36 heavy (non-hydrogen) atoms. The fourth-order valence-corrected chi connectivity index (χ4v) is 5.83. The molecule has 0 radical (unpaired) electrons. The van der Waals surface area contributed by atoms with Gasteiger partial charge in [-0.15, -0.1) is 11.3 Å². The quantitative estimate of drug-likeness (QED) is 0.396. The molecular weight excluding hydrogens is 476 g/mol. The number of nitrogens with two attached hydrogens (primary N) is 1. The van der Waals surface area contributed by atoms with Crippen LogP contribution in [0.5, 0.6) is 0 Å². The number of thiophene rings is 1. The van der Waals surface area contributed by atoms with Crippen molar-refractivity contribution in [1.82, 2.24) is 20.2 Å². The van der Waals surface area contributed by atoms with Crippen LogP contribution in [0.2, 0.25) is 0 Å². The Morgan fingerprint density at radius 2 is 1.94 bits per heavy atom. The van der Waals surface area contributed by atoms with Crippen molar-refractivity contribution >= 4 is 50.7 Å². The van der Waals surface area contributed by atoms with Gasteiger partial charge in [0.05, 0.1) is 16.1 Å². The highest BCUT2D eigenvalue weighted by Crippen LogP contribution is 2.35. The maximum Gasteiger partial charge on any atom is 0.298 e. The second-order valence-electron chi connectivity index (χ2n) is 8.95. The number of nitrogen functional groups attached to an aromatic ring is 1. The molecule has 0 unspecified atom stereocenters. The Hall–Kier alpha value is -4.18. The third-order valence-electron chi connectivity index (χ3n) is 6.67. The van der Waals surface area contributed by atoms with Gasteiger partial charge in [0.2, 0.25) is 5.91 Å².